The number of carbonyl (C=O) groups excluding carboxylic acids is 1. The highest BCUT2D eigenvalue weighted by molar-refractivity contribution is 6.13. The maximum Gasteiger partial charge on any atom is 0.309 e. The molecule has 3 aromatic carbocycles. The predicted octanol–water partition coefficient (Wildman–Crippen LogP) is 6.98. The minimum atomic E-state index is -0.960. The van der Waals surface area contributed by atoms with E-state index in [9.17, 15) is 9.90 Å². The molecule has 4 heteroatoms. The molecule has 192 valence electrons. The highest BCUT2D eigenvalue weighted by Gasteiger charge is 2.46. The van der Waals surface area contributed by atoms with Crippen LogP contribution in [-0.2, 0) is 22.4 Å². The summed E-state index contributed by atoms with van der Waals surface area (Å²) in [7, 11) is 0. The summed E-state index contributed by atoms with van der Waals surface area (Å²) in [5, 5.41) is 11.1. The molecule has 0 radical (unpaired) electrons. The lowest BCUT2D eigenvalue weighted by Gasteiger charge is -2.42. The third-order valence-corrected chi connectivity index (χ3v) is 7.79. The van der Waals surface area contributed by atoms with Crippen molar-refractivity contribution >= 4 is 17.4 Å². The fourth-order valence-corrected chi connectivity index (χ4v) is 5.93. The molecule has 0 unspecified atom stereocenters. The second-order valence-electron chi connectivity index (χ2n) is 12.0. The molecule has 0 aliphatic heterocycles. The van der Waals surface area contributed by atoms with Gasteiger partial charge in [-0.1, -0.05) is 66.7 Å². The quantitative estimate of drug-likeness (QED) is 0.307. The Balaban J connectivity index is 1.32. The summed E-state index contributed by atoms with van der Waals surface area (Å²) in [4.78, 5) is 17.5. The van der Waals surface area contributed by atoms with E-state index < -0.39 is 11.2 Å². The van der Waals surface area contributed by atoms with E-state index in [1.54, 1.807) is 0 Å². The van der Waals surface area contributed by atoms with Gasteiger partial charge in [0.1, 0.15) is 5.60 Å². The Morgan fingerprint density at radius 3 is 1.97 bits per heavy atom. The number of aliphatic hydroxyl groups is 1. The first-order valence-corrected chi connectivity index (χ1v) is 13.4. The molecule has 0 atom stereocenters. The van der Waals surface area contributed by atoms with Gasteiger partial charge in [-0.2, -0.15) is 0 Å². The Kier molecular flexibility index (Phi) is 6.80. The van der Waals surface area contributed by atoms with Crippen LogP contribution in [0.5, 0.6) is 0 Å². The van der Waals surface area contributed by atoms with Crippen molar-refractivity contribution in [2.24, 2.45) is 10.4 Å². The number of hydrogen-bond acceptors (Lipinski definition) is 4. The molecule has 0 amide bonds. The number of ether oxygens (including phenoxy) is 1. The second-order valence-corrected chi connectivity index (χ2v) is 12.0. The summed E-state index contributed by atoms with van der Waals surface area (Å²) in [5.74, 6) is -0.309. The Hall–Kier alpha value is -3.24. The number of aliphatic imine (C=N–C) groups is 1. The minimum Gasteiger partial charge on any atom is -0.460 e. The van der Waals surface area contributed by atoms with Crippen LogP contribution < -0.4 is 0 Å². The third-order valence-electron chi connectivity index (χ3n) is 7.79. The van der Waals surface area contributed by atoms with Crippen LogP contribution >= 0.6 is 0 Å². The Morgan fingerprint density at radius 2 is 1.41 bits per heavy atom. The van der Waals surface area contributed by atoms with Gasteiger partial charge in [-0.25, -0.2) is 4.99 Å². The molecule has 3 aromatic rings. The Morgan fingerprint density at radius 1 is 0.838 bits per heavy atom. The zero-order chi connectivity index (χ0) is 26.1. The highest BCUT2D eigenvalue weighted by Crippen LogP contribution is 2.51. The molecule has 37 heavy (non-hydrogen) atoms. The van der Waals surface area contributed by atoms with Crippen LogP contribution in [0.4, 0.5) is 5.69 Å². The summed E-state index contributed by atoms with van der Waals surface area (Å²) in [6, 6.07) is 27.3. The smallest absolute Gasteiger partial charge is 0.309 e. The van der Waals surface area contributed by atoms with Crippen molar-refractivity contribution in [1.29, 1.82) is 0 Å². The molecule has 2 aliphatic carbocycles. The molecule has 0 aromatic heterocycles. The molecule has 1 fully saturated rings. The van der Waals surface area contributed by atoms with E-state index in [4.69, 9.17) is 9.73 Å². The summed E-state index contributed by atoms with van der Waals surface area (Å²) in [6.45, 7) is 5.59. The van der Waals surface area contributed by atoms with E-state index in [0.717, 1.165) is 48.2 Å². The summed E-state index contributed by atoms with van der Waals surface area (Å²) < 4.78 is 5.47. The van der Waals surface area contributed by atoms with Crippen LogP contribution in [0, 0.1) is 5.41 Å². The number of benzene rings is 3. The largest absolute Gasteiger partial charge is 0.460 e. The van der Waals surface area contributed by atoms with E-state index in [1.165, 1.54) is 11.1 Å². The molecule has 1 spiro atoms. The van der Waals surface area contributed by atoms with E-state index in [1.807, 2.05) is 57.2 Å². The van der Waals surface area contributed by atoms with Crippen molar-refractivity contribution < 1.29 is 14.6 Å². The molecule has 0 saturated heterocycles. The normalized spacial score (nSPS) is 22.9. The number of hydrogen-bond donors (Lipinski definition) is 1. The number of fused-ring (bicyclic) bond motifs is 1. The zero-order valence-electron chi connectivity index (χ0n) is 22.2. The van der Waals surface area contributed by atoms with E-state index >= 15 is 0 Å². The lowest BCUT2D eigenvalue weighted by molar-refractivity contribution is -0.162. The Labute approximate surface area is 220 Å². The fraction of sp³-hybridized carbons (Fsp3) is 0.394. The van der Waals surface area contributed by atoms with Gasteiger partial charge in [-0.05, 0) is 88.0 Å². The first-order valence-electron chi connectivity index (χ1n) is 13.4. The minimum absolute atomic E-state index is 0.0773. The summed E-state index contributed by atoms with van der Waals surface area (Å²) >= 11 is 0. The van der Waals surface area contributed by atoms with Gasteiger partial charge in [-0.15, -0.1) is 0 Å². The third kappa shape index (κ3) is 6.02. The lowest BCUT2D eigenvalue weighted by atomic mass is 9.66. The maximum absolute atomic E-state index is 12.4. The lowest BCUT2D eigenvalue weighted by Crippen LogP contribution is -2.42. The SMILES string of the molecule is CC(C)(C)OC(=O)CC1(O)CCC2(CC1)Cc1ccc(N=C(c3ccccc3)c3ccccc3)cc1C2. The van der Waals surface area contributed by atoms with Crippen molar-refractivity contribution in [2.75, 3.05) is 0 Å². The molecule has 2 aliphatic rings. The van der Waals surface area contributed by atoms with Crippen LogP contribution in [0.25, 0.3) is 0 Å². The average Bonchev–Trinajstić information content (AvgIpc) is 3.22. The molecule has 0 bridgehead atoms. The first-order chi connectivity index (χ1) is 17.6. The van der Waals surface area contributed by atoms with Crippen molar-refractivity contribution in [3.8, 4) is 0 Å². The Bertz CT molecular complexity index is 1240. The van der Waals surface area contributed by atoms with E-state index in [2.05, 4.69) is 42.5 Å². The van der Waals surface area contributed by atoms with Gasteiger partial charge in [0.15, 0.2) is 0 Å². The molecule has 5 rings (SSSR count). The van der Waals surface area contributed by atoms with Crippen molar-refractivity contribution in [2.45, 2.75) is 76.9 Å². The van der Waals surface area contributed by atoms with Crippen molar-refractivity contribution in [1.82, 2.24) is 0 Å². The molecule has 4 nitrogen and oxygen atoms in total. The molecule has 1 N–H and O–H groups in total. The highest BCUT2D eigenvalue weighted by atomic mass is 16.6. The molecular formula is C33H37NO3. The van der Waals surface area contributed by atoms with Gasteiger partial charge in [0.25, 0.3) is 0 Å². The van der Waals surface area contributed by atoms with Crippen LogP contribution in [0.3, 0.4) is 0 Å². The zero-order valence-corrected chi connectivity index (χ0v) is 22.2. The topological polar surface area (TPSA) is 58.9 Å². The van der Waals surface area contributed by atoms with Crippen LogP contribution in [-0.4, -0.2) is 28.0 Å². The van der Waals surface area contributed by atoms with Crippen molar-refractivity contribution in [3.63, 3.8) is 0 Å². The van der Waals surface area contributed by atoms with Gasteiger partial charge in [-0.3, -0.25) is 4.79 Å². The molecule has 1 saturated carbocycles. The van der Waals surface area contributed by atoms with E-state index in [-0.39, 0.29) is 17.8 Å². The van der Waals surface area contributed by atoms with Gasteiger partial charge in [0, 0.05) is 11.1 Å². The average molecular weight is 496 g/mol. The summed E-state index contributed by atoms with van der Waals surface area (Å²) in [6.07, 6.45) is 5.21. The van der Waals surface area contributed by atoms with Crippen molar-refractivity contribution in [3.05, 3.63) is 101 Å². The van der Waals surface area contributed by atoms with Crippen LogP contribution in [0.15, 0.2) is 83.9 Å². The standard InChI is InChI=1S/C33H37NO3/c1-31(2,3)37-29(35)23-33(36)18-16-32(17-19-33)21-26-14-15-28(20-27(26)22-32)34-30(24-10-6-4-7-11-24)25-12-8-5-9-13-25/h4-15,20,36H,16-19,21-23H2,1-3H3. The van der Waals surface area contributed by atoms with Gasteiger partial charge < -0.3 is 9.84 Å². The monoisotopic (exact) mass is 495 g/mol. The summed E-state index contributed by atoms with van der Waals surface area (Å²) in [5.41, 5.74) is 5.55. The fourth-order valence-electron chi connectivity index (χ4n) is 5.93. The number of rotatable bonds is 5. The number of nitrogens with zero attached hydrogens (tertiary/aromatic N) is 1. The second kappa shape index (κ2) is 9.90. The first kappa shape index (κ1) is 25.4. The van der Waals surface area contributed by atoms with E-state index in [0.29, 0.717) is 12.8 Å². The van der Waals surface area contributed by atoms with Gasteiger partial charge in [0.05, 0.1) is 23.4 Å². The maximum atomic E-state index is 12.4. The van der Waals surface area contributed by atoms with Crippen LogP contribution in [0.2, 0.25) is 0 Å². The van der Waals surface area contributed by atoms with Crippen LogP contribution in [0.1, 0.15) is 75.1 Å². The molecular weight excluding hydrogens is 458 g/mol. The van der Waals surface area contributed by atoms with Gasteiger partial charge in [0.2, 0.25) is 0 Å². The predicted molar refractivity (Wildman–Crippen MR) is 148 cm³/mol. The van der Waals surface area contributed by atoms with Gasteiger partial charge >= 0.3 is 5.97 Å². The number of esters is 1. The molecule has 0 heterocycles. The number of carbonyl (C=O) groups is 1.